The standard InChI is InChI=1S/C18H20O2/c1-13-11-17(12-20-13)18(19)16-9-7-15(8-10-16)14-5-3-2-4-6-14/h2-10,13,17-19H,11-12H2,1H3. The molecule has 3 rings (SSSR count). The number of aliphatic hydroxyl groups is 1. The Morgan fingerprint density at radius 1 is 1.00 bits per heavy atom. The van der Waals surface area contributed by atoms with E-state index < -0.39 is 6.10 Å². The van der Waals surface area contributed by atoms with Crippen LogP contribution in [0.25, 0.3) is 11.1 Å². The van der Waals surface area contributed by atoms with Crippen LogP contribution in [0.2, 0.25) is 0 Å². The molecule has 104 valence electrons. The molecular weight excluding hydrogens is 248 g/mol. The molecule has 2 aromatic carbocycles. The van der Waals surface area contributed by atoms with Crippen molar-refractivity contribution in [2.75, 3.05) is 6.61 Å². The summed E-state index contributed by atoms with van der Waals surface area (Å²) in [5, 5.41) is 10.4. The lowest BCUT2D eigenvalue weighted by molar-refractivity contribution is 0.0804. The van der Waals surface area contributed by atoms with Crippen molar-refractivity contribution in [3.8, 4) is 11.1 Å². The number of hydrogen-bond acceptors (Lipinski definition) is 2. The summed E-state index contributed by atoms with van der Waals surface area (Å²) >= 11 is 0. The molecule has 1 saturated heterocycles. The Morgan fingerprint density at radius 2 is 1.65 bits per heavy atom. The molecule has 20 heavy (non-hydrogen) atoms. The molecule has 0 aliphatic carbocycles. The first-order valence-corrected chi connectivity index (χ1v) is 7.19. The summed E-state index contributed by atoms with van der Waals surface area (Å²) in [5.74, 6) is 0.215. The van der Waals surface area contributed by atoms with E-state index in [-0.39, 0.29) is 12.0 Å². The fourth-order valence-corrected chi connectivity index (χ4v) is 2.85. The van der Waals surface area contributed by atoms with E-state index in [2.05, 4.69) is 31.2 Å². The lowest BCUT2D eigenvalue weighted by atomic mass is 9.92. The molecular formula is C18H20O2. The molecule has 1 aliphatic heterocycles. The van der Waals surface area contributed by atoms with Crippen LogP contribution in [0.3, 0.4) is 0 Å². The Hall–Kier alpha value is -1.64. The highest BCUT2D eigenvalue weighted by Gasteiger charge is 2.29. The Balaban J connectivity index is 1.76. The third kappa shape index (κ3) is 2.77. The van der Waals surface area contributed by atoms with Crippen LogP contribution in [0.15, 0.2) is 54.6 Å². The second-order valence-electron chi connectivity index (χ2n) is 5.57. The molecule has 1 N–H and O–H groups in total. The quantitative estimate of drug-likeness (QED) is 0.917. The van der Waals surface area contributed by atoms with E-state index in [4.69, 9.17) is 4.74 Å². The third-order valence-corrected chi connectivity index (χ3v) is 4.04. The van der Waals surface area contributed by atoms with Crippen LogP contribution in [-0.2, 0) is 4.74 Å². The van der Waals surface area contributed by atoms with Crippen molar-refractivity contribution >= 4 is 0 Å². The number of hydrogen-bond donors (Lipinski definition) is 1. The average Bonchev–Trinajstić information content (AvgIpc) is 2.94. The number of rotatable bonds is 3. The van der Waals surface area contributed by atoms with Gasteiger partial charge in [0.1, 0.15) is 0 Å². The minimum atomic E-state index is -0.426. The monoisotopic (exact) mass is 268 g/mol. The van der Waals surface area contributed by atoms with Gasteiger partial charge in [-0.05, 0) is 30.0 Å². The molecule has 0 bridgehead atoms. The largest absolute Gasteiger partial charge is 0.388 e. The number of benzene rings is 2. The van der Waals surface area contributed by atoms with Crippen molar-refractivity contribution < 1.29 is 9.84 Å². The number of aliphatic hydroxyl groups excluding tert-OH is 1. The van der Waals surface area contributed by atoms with Crippen LogP contribution in [0.4, 0.5) is 0 Å². The van der Waals surface area contributed by atoms with E-state index >= 15 is 0 Å². The lowest BCUT2D eigenvalue weighted by Gasteiger charge is -2.17. The molecule has 1 heterocycles. The zero-order chi connectivity index (χ0) is 13.9. The van der Waals surface area contributed by atoms with Crippen molar-refractivity contribution in [3.05, 3.63) is 60.2 Å². The van der Waals surface area contributed by atoms with Gasteiger partial charge < -0.3 is 9.84 Å². The van der Waals surface area contributed by atoms with E-state index in [1.165, 1.54) is 11.1 Å². The SMILES string of the molecule is CC1CC(C(O)c2ccc(-c3ccccc3)cc2)CO1. The van der Waals surface area contributed by atoms with E-state index in [1.54, 1.807) is 0 Å². The maximum absolute atomic E-state index is 10.4. The summed E-state index contributed by atoms with van der Waals surface area (Å²) in [6.45, 7) is 2.72. The van der Waals surface area contributed by atoms with Gasteiger partial charge >= 0.3 is 0 Å². The molecule has 0 saturated carbocycles. The fraction of sp³-hybridized carbons (Fsp3) is 0.333. The highest BCUT2D eigenvalue weighted by Crippen LogP contribution is 2.32. The van der Waals surface area contributed by atoms with Gasteiger partial charge in [0.15, 0.2) is 0 Å². The first kappa shape index (κ1) is 13.3. The molecule has 2 heteroatoms. The average molecular weight is 268 g/mol. The van der Waals surface area contributed by atoms with Crippen LogP contribution < -0.4 is 0 Å². The van der Waals surface area contributed by atoms with E-state index in [0.29, 0.717) is 6.61 Å². The summed E-state index contributed by atoms with van der Waals surface area (Å²) in [4.78, 5) is 0. The molecule has 2 aromatic rings. The lowest BCUT2D eigenvalue weighted by Crippen LogP contribution is -2.12. The predicted molar refractivity (Wildman–Crippen MR) is 80.4 cm³/mol. The summed E-state index contributed by atoms with van der Waals surface area (Å²) in [5.41, 5.74) is 3.36. The van der Waals surface area contributed by atoms with Crippen molar-refractivity contribution in [1.82, 2.24) is 0 Å². The maximum atomic E-state index is 10.4. The minimum Gasteiger partial charge on any atom is -0.388 e. The van der Waals surface area contributed by atoms with Crippen molar-refractivity contribution in [1.29, 1.82) is 0 Å². The van der Waals surface area contributed by atoms with Crippen LogP contribution in [0, 0.1) is 5.92 Å². The van der Waals surface area contributed by atoms with Crippen molar-refractivity contribution in [2.24, 2.45) is 5.92 Å². The van der Waals surface area contributed by atoms with Gasteiger partial charge in [0.2, 0.25) is 0 Å². The molecule has 1 aliphatic rings. The topological polar surface area (TPSA) is 29.5 Å². The third-order valence-electron chi connectivity index (χ3n) is 4.04. The van der Waals surface area contributed by atoms with Crippen molar-refractivity contribution in [2.45, 2.75) is 25.6 Å². The first-order valence-electron chi connectivity index (χ1n) is 7.19. The molecule has 3 atom stereocenters. The molecule has 0 amide bonds. The Morgan fingerprint density at radius 3 is 2.25 bits per heavy atom. The smallest absolute Gasteiger partial charge is 0.0841 e. The van der Waals surface area contributed by atoms with Gasteiger partial charge in [-0.15, -0.1) is 0 Å². The fourth-order valence-electron chi connectivity index (χ4n) is 2.85. The first-order chi connectivity index (χ1) is 9.74. The molecule has 2 nitrogen and oxygen atoms in total. The summed E-state index contributed by atoms with van der Waals surface area (Å²) in [6.07, 6.45) is 0.768. The molecule has 1 fully saturated rings. The van der Waals surface area contributed by atoms with Crippen LogP contribution in [0.5, 0.6) is 0 Å². The summed E-state index contributed by atoms with van der Waals surface area (Å²) < 4.78 is 5.54. The molecule has 0 radical (unpaired) electrons. The van der Waals surface area contributed by atoms with Gasteiger partial charge in [-0.2, -0.15) is 0 Å². The molecule has 0 aromatic heterocycles. The highest BCUT2D eigenvalue weighted by atomic mass is 16.5. The van der Waals surface area contributed by atoms with Crippen LogP contribution in [-0.4, -0.2) is 17.8 Å². The summed E-state index contributed by atoms with van der Waals surface area (Å²) in [6, 6.07) is 18.5. The highest BCUT2D eigenvalue weighted by molar-refractivity contribution is 5.63. The van der Waals surface area contributed by atoms with Gasteiger partial charge in [-0.3, -0.25) is 0 Å². The minimum absolute atomic E-state index is 0.215. The van der Waals surface area contributed by atoms with Crippen LogP contribution in [0.1, 0.15) is 25.0 Å². The maximum Gasteiger partial charge on any atom is 0.0841 e. The van der Waals surface area contributed by atoms with E-state index in [1.807, 2.05) is 30.3 Å². The predicted octanol–water partition coefficient (Wildman–Crippen LogP) is 3.81. The Kier molecular flexibility index (Phi) is 3.86. The van der Waals surface area contributed by atoms with Gasteiger partial charge in [0, 0.05) is 5.92 Å². The summed E-state index contributed by atoms with van der Waals surface area (Å²) in [7, 11) is 0. The zero-order valence-electron chi connectivity index (χ0n) is 11.7. The second kappa shape index (κ2) is 5.78. The van der Waals surface area contributed by atoms with Gasteiger partial charge in [0.25, 0.3) is 0 Å². The Labute approximate surface area is 120 Å². The zero-order valence-corrected chi connectivity index (χ0v) is 11.7. The molecule has 0 spiro atoms. The van der Waals surface area contributed by atoms with E-state index in [0.717, 1.165) is 12.0 Å². The van der Waals surface area contributed by atoms with Gasteiger partial charge in [-0.1, -0.05) is 54.6 Å². The normalized spacial score (nSPS) is 23.7. The van der Waals surface area contributed by atoms with E-state index in [9.17, 15) is 5.11 Å². The van der Waals surface area contributed by atoms with Gasteiger partial charge in [-0.25, -0.2) is 0 Å². The second-order valence-corrected chi connectivity index (χ2v) is 5.57. The molecule has 3 unspecified atom stereocenters. The van der Waals surface area contributed by atoms with Gasteiger partial charge in [0.05, 0.1) is 18.8 Å². The number of ether oxygens (including phenoxy) is 1. The van der Waals surface area contributed by atoms with Crippen LogP contribution >= 0.6 is 0 Å². The van der Waals surface area contributed by atoms with Crippen molar-refractivity contribution in [3.63, 3.8) is 0 Å². The Bertz CT molecular complexity index is 547.